The van der Waals surface area contributed by atoms with Crippen LogP contribution in [0.3, 0.4) is 0 Å². The maximum absolute atomic E-state index is 13.5. The molecular weight excluding hydrogens is 388 g/mol. The Morgan fingerprint density at radius 2 is 1.68 bits per heavy atom. The lowest BCUT2D eigenvalue weighted by Gasteiger charge is -2.37. The zero-order chi connectivity index (χ0) is 22.1. The van der Waals surface area contributed by atoms with Gasteiger partial charge in [-0.3, -0.25) is 14.6 Å². The number of aromatic nitrogens is 1. The number of rotatable bonds is 3. The van der Waals surface area contributed by atoms with E-state index in [2.05, 4.69) is 47.2 Å². The number of carbonyl (C=O) groups excluding carboxylic acids is 2. The lowest BCUT2D eigenvalue weighted by Crippen LogP contribution is -2.49. The third kappa shape index (κ3) is 4.38. The van der Waals surface area contributed by atoms with Crippen molar-refractivity contribution >= 4 is 34.1 Å². The molecule has 31 heavy (non-hydrogen) atoms. The van der Waals surface area contributed by atoms with Crippen LogP contribution in [0.1, 0.15) is 34.1 Å². The Labute approximate surface area is 182 Å². The van der Waals surface area contributed by atoms with Crippen LogP contribution in [0.5, 0.6) is 0 Å². The van der Waals surface area contributed by atoms with Gasteiger partial charge in [-0.05, 0) is 56.2 Å². The Morgan fingerprint density at radius 3 is 2.39 bits per heavy atom. The molecule has 2 amide bonds. The Bertz CT molecular complexity index is 1160. The molecule has 2 aromatic carbocycles. The van der Waals surface area contributed by atoms with Crippen molar-refractivity contribution in [3.8, 4) is 0 Å². The molecule has 6 nitrogen and oxygen atoms in total. The average Bonchev–Trinajstić information content (AvgIpc) is 2.74. The highest BCUT2D eigenvalue weighted by Crippen LogP contribution is 2.27. The Kier molecular flexibility index (Phi) is 5.63. The fourth-order valence-electron chi connectivity index (χ4n) is 4.17. The van der Waals surface area contributed by atoms with Gasteiger partial charge < -0.3 is 15.1 Å². The van der Waals surface area contributed by atoms with Crippen LogP contribution in [0, 0.1) is 20.8 Å². The van der Waals surface area contributed by atoms with E-state index in [0.717, 1.165) is 24.2 Å². The smallest absolute Gasteiger partial charge is 0.254 e. The summed E-state index contributed by atoms with van der Waals surface area (Å²) in [4.78, 5) is 33.9. The number of nitrogens with one attached hydrogen (secondary N) is 1. The normalized spacial score (nSPS) is 14.1. The van der Waals surface area contributed by atoms with Gasteiger partial charge in [0.2, 0.25) is 5.91 Å². The predicted molar refractivity (Wildman–Crippen MR) is 125 cm³/mol. The first-order valence-electron chi connectivity index (χ1n) is 10.6. The molecule has 1 aromatic heterocycles. The fourth-order valence-corrected chi connectivity index (χ4v) is 4.17. The predicted octanol–water partition coefficient (Wildman–Crippen LogP) is 4.08. The van der Waals surface area contributed by atoms with Gasteiger partial charge in [0.05, 0.1) is 11.1 Å². The molecule has 0 saturated carbocycles. The van der Waals surface area contributed by atoms with E-state index < -0.39 is 0 Å². The molecule has 0 spiro atoms. The van der Waals surface area contributed by atoms with Gasteiger partial charge in [0.25, 0.3) is 5.91 Å². The minimum atomic E-state index is -0.174. The van der Waals surface area contributed by atoms with Crippen molar-refractivity contribution < 1.29 is 9.59 Å². The summed E-state index contributed by atoms with van der Waals surface area (Å²) in [7, 11) is 0. The van der Waals surface area contributed by atoms with Gasteiger partial charge in [-0.25, -0.2) is 0 Å². The number of anilines is 2. The van der Waals surface area contributed by atoms with Crippen molar-refractivity contribution in [3.63, 3.8) is 0 Å². The molecule has 1 aliphatic heterocycles. The summed E-state index contributed by atoms with van der Waals surface area (Å²) in [5, 5.41) is 3.60. The number of piperazine rings is 1. The molecule has 0 radical (unpaired) electrons. The van der Waals surface area contributed by atoms with Crippen molar-refractivity contribution in [2.45, 2.75) is 27.7 Å². The first-order chi connectivity index (χ1) is 14.8. The fraction of sp³-hybridized carbons (Fsp3) is 0.320. The number of hydrogen-bond donors (Lipinski definition) is 1. The van der Waals surface area contributed by atoms with Crippen LogP contribution < -0.4 is 10.2 Å². The molecule has 0 atom stereocenters. The number of carbonyl (C=O) groups is 2. The highest BCUT2D eigenvalue weighted by Gasteiger charge is 2.25. The topological polar surface area (TPSA) is 65.5 Å². The van der Waals surface area contributed by atoms with E-state index in [0.29, 0.717) is 29.9 Å². The third-order valence-electron chi connectivity index (χ3n) is 5.77. The monoisotopic (exact) mass is 416 g/mol. The summed E-state index contributed by atoms with van der Waals surface area (Å²) in [6.45, 7) is 10.5. The first-order valence-corrected chi connectivity index (χ1v) is 10.6. The SMILES string of the molecule is CC(=O)Nc1cc(C(=O)N2CCN(c3cc(C)ccc3C)CC2)c2ccc(C)nc2c1. The maximum Gasteiger partial charge on any atom is 0.254 e. The van der Waals surface area contributed by atoms with Crippen molar-refractivity contribution in [3.05, 3.63) is 64.8 Å². The van der Waals surface area contributed by atoms with Crippen molar-refractivity contribution in [1.29, 1.82) is 0 Å². The first kappa shape index (κ1) is 20.8. The molecule has 4 rings (SSSR count). The van der Waals surface area contributed by atoms with Gasteiger partial charge in [0, 0.05) is 55.6 Å². The third-order valence-corrected chi connectivity index (χ3v) is 5.77. The molecule has 1 fully saturated rings. The van der Waals surface area contributed by atoms with Gasteiger partial charge in [-0.15, -0.1) is 0 Å². The minimum absolute atomic E-state index is 0.0246. The van der Waals surface area contributed by atoms with Crippen LogP contribution >= 0.6 is 0 Å². The summed E-state index contributed by atoms with van der Waals surface area (Å²) in [6.07, 6.45) is 0. The summed E-state index contributed by atoms with van der Waals surface area (Å²) in [6, 6.07) is 13.9. The van der Waals surface area contributed by atoms with E-state index >= 15 is 0 Å². The minimum Gasteiger partial charge on any atom is -0.368 e. The largest absolute Gasteiger partial charge is 0.368 e. The second-order valence-electron chi connectivity index (χ2n) is 8.29. The molecule has 6 heteroatoms. The van der Waals surface area contributed by atoms with Crippen molar-refractivity contribution in [1.82, 2.24) is 9.88 Å². The molecule has 0 unspecified atom stereocenters. The second kappa shape index (κ2) is 8.38. The number of amides is 2. The Hall–Kier alpha value is -3.41. The number of aryl methyl sites for hydroxylation is 3. The standard InChI is InChI=1S/C25H28N4O2/c1-16-5-6-17(2)24(13-16)28-9-11-29(12-10-28)25(31)22-14-20(27-19(4)30)15-23-21(22)8-7-18(3)26-23/h5-8,13-15H,9-12H2,1-4H3,(H,27,30). The number of fused-ring (bicyclic) bond motifs is 1. The number of hydrogen-bond acceptors (Lipinski definition) is 4. The number of benzene rings is 2. The van der Waals surface area contributed by atoms with Crippen LogP contribution in [0.2, 0.25) is 0 Å². The van der Waals surface area contributed by atoms with Crippen LogP contribution in [0.25, 0.3) is 10.9 Å². The molecule has 3 aromatic rings. The Balaban J connectivity index is 1.60. The van der Waals surface area contributed by atoms with E-state index in [4.69, 9.17) is 0 Å². The highest BCUT2D eigenvalue weighted by molar-refractivity contribution is 6.08. The molecule has 160 valence electrons. The molecule has 0 bridgehead atoms. The zero-order valence-corrected chi connectivity index (χ0v) is 18.5. The Morgan fingerprint density at radius 1 is 0.935 bits per heavy atom. The van der Waals surface area contributed by atoms with Crippen LogP contribution in [-0.4, -0.2) is 47.9 Å². The van der Waals surface area contributed by atoms with Gasteiger partial charge >= 0.3 is 0 Å². The van der Waals surface area contributed by atoms with Crippen LogP contribution in [0.15, 0.2) is 42.5 Å². The van der Waals surface area contributed by atoms with Crippen LogP contribution in [0.4, 0.5) is 11.4 Å². The van der Waals surface area contributed by atoms with E-state index in [1.165, 1.54) is 23.7 Å². The zero-order valence-electron chi connectivity index (χ0n) is 18.5. The van der Waals surface area contributed by atoms with Crippen LogP contribution in [-0.2, 0) is 4.79 Å². The molecule has 1 N–H and O–H groups in total. The summed E-state index contributed by atoms with van der Waals surface area (Å²) < 4.78 is 0. The van der Waals surface area contributed by atoms with Gasteiger partial charge in [-0.2, -0.15) is 0 Å². The lowest BCUT2D eigenvalue weighted by atomic mass is 10.0. The quantitative estimate of drug-likeness (QED) is 0.699. The number of nitrogens with zero attached hydrogens (tertiary/aromatic N) is 3. The molecule has 1 aliphatic rings. The van der Waals surface area contributed by atoms with E-state index in [1.54, 1.807) is 6.07 Å². The molecule has 1 saturated heterocycles. The second-order valence-corrected chi connectivity index (χ2v) is 8.29. The van der Waals surface area contributed by atoms with Gasteiger partial charge in [-0.1, -0.05) is 18.2 Å². The van der Waals surface area contributed by atoms with E-state index in [9.17, 15) is 9.59 Å². The highest BCUT2D eigenvalue weighted by atomic mass is 16.2. The van der Waals surface area contributed by atoms with Gasteiger partial charge in [0.1, 0.15) is 0 Å². The molecule has 0 aliphatic carbocycles. The molecular formula is C25H28N4O2. The van der Waals surface area contributed by atoms with E-state index in [-0.39, 0.29) is 11.8 Å². The number of pyridine rings is 1. The average molecular weight is 417 g/mol. The van der Waals surface area contributed by atoms with Gasteiger partial charge in [0.15, 0.2) is 0 Å². The summed E-state index contributed by atoms with van der Waals surface area (Å²) in [5.74, 6) is -0.198. The summed E-state index contributed by atoms with van der Waals surface area (Å²) in [5.41, 5.74) is 6.48. The van der Waals surface area contributed by atoms with E-state index in [1.807, 2.05) is 30.0 Å². The van der Waals surface area contributed by atoms with Crippen molar-refractivity contribution in [2.75, 3.05) is 36.4 Å². The lowest BCUT2D eigenvalue weighted by molar-refractivity contribution is -0.114. The molecule has 2 heterocycles. The maximum atomic E-state index is 13.5. The summed E-state index contributed by atoms with van der Waals surface area (Å²) >= 11 is 0. The van der Waals surface area contributed by atoms with Crippen molar-refractivity contribution in [2.24, 2.45) is 0 Å².